The lowest BCUT2D eigenvalue weighted by atomic mass is 10.3. The Hall–Kier alpha value is -0.380. The quantitative estimate of drug-likeness (QED) is 0.715. The molecule has 0 atom stereocenters. The Bertz CT molecular complexity index is 331. The number of rotatable bonds is 8. The largest absolute Gasteiger partial charge is 0.376 e. The number of hydrogen-bond donors (Lipinski definition) is 1. The third kappa shape index (κ3) is 5.19. The van der Waals surface area contributed by atoms with Crippen LogP contribution >= 0.6 is 11.3 Å². The molecule has 96 valence electrons. The zero-order valence-corrected chi connectivity index (χ0v) is 11.7. The molecule has 1 fully saturated rings. The molecule has 2 rings (SSSR count). The van der Waals surface area contributed by atoms with Gasteiger partial charge in [-0.3, -0.25) is 0 Å². The smallest absolute Gasteiger partial charge is 0.0809 e. The van der Waals surface area contributed by atoms with Crippen LogP contribution < -0.4 is 5.32 Å². The molecule has 0 unspecified atom stereocenters. The predicted octanol–water partition coefficient (Wildman–Crippen LogP) is 3.56. The summed E-state index contributed by atoms with van der Waals surface area (Å²) in [7, 11) is 0. The lowest BCUT2D eigenvalue weighted by Crippen LogP contribution is -2.21. The van der Waals surface area contributed by atoms with E-state index in [9.17, 15) is 0 Å². The summed E-state index contributed by atoms with van der Waals surface area (Å²) in [5, 5.41) is 3.44. The third-order valence-electron chi connectivity index (χ3n) is 3.01. The van der Waals surface area contributed by atoms with Crippen LogP contribution in [0.5, 0.6) is 0 Å². The first-order chi connectivity index (χ1) is 8.24. The van der Waals surface area contributed by atoms with E-state index < -0.39 is 0 Å². The topological polar surface area (TPSA) is 21.3 Å². The zero-order chi connectivity index (χ0) is 12.1. The Kier molecular flexibility index (Phi) is 5.01. The Balaban J connectivity index is 1.62. The van der Waals surface area contributed by atoms with E-state index in [1.54, 1.807) is 0 Å². The van der Waals surface area contributed by atoms with Gasteiger partial charge in [0, 0.05) is 28.9 Å². The fourth-order valence-corrected chi connectivity index (χ4v) is 2.64. The average molecular weight is 253 g/mol. The Morgan fingerprint density at radius 1 is 1.35 bits per heavy atom. The lowest BCUT2D eigenvalue weighted by molar-refractivity contribution is 0.117. The lowest BCUT2D eigenvalue weighted by Gasteiger charge is -2.05. The molecule has 1 aromatic heterocycles. The van der Waals surface area contributed by atoms with Crippen LogP contribution in [0.3, 0.4) is 0 Å². The third-order valence-corrected chi connectivity index (χ3v) is 4.07. The maximum absolute atomic E-state index is 5.70. The van der Waals surface area contributed by atoms with Gasteiger partial charge in [-0.15, -0.1) is 11.3 Å². The van der Waals surface area contributed by atoms with Gasteiger partial charge >= 0.3 is 0 Å². The summed E-state index contributed by atoms with van der Waals surface area (Å²) >= 11 is 1.86. The van der Waals surface area contributed by atoms with Gasteiger partial charge < -0.3 is 10.1 Å². The predicted molar refractivity (Wildman–Crippen MR) is 73.3 cm³/mol. The van der Waals surface area contributed by atoms with E-state index in [0.717, 1.165) is 25.7 Å². The van der Waals surface area contributed by atoms with Crippen molar-refractivity contribution in [3.8, 4) is 0 Å². The molecule has 0 radical (unpaired) electrons. The molecule has 1 aliphatic rings. The number of thiophene rings is 1. The highest BCUT2D eigenvalue weighted by Crippen LogP contribution is 2.32. The highest BCUT2D eigenvalue weighted by molar-refractivity contribution is 7.11. The molecule has 1 aliphatic carbocycles. The summed E-state index contributed by atoms with van der Waals surface area (Å²) in [6.45, 7) is 7.05. The first kappa shape index (κ1) is 13.1. The van der Waals surface area contributed by atoms with Gasteiger partial charge in [-0.05, 0) is 24.5 Å². The van der Waals surface area contributed by atoms with Crippen molar-refractivity contribution in [1.29, 1.82) is 0 Å². The van der Waals surface area contributed by atoms with Crippen molar-refractivity contribution < 1.29 is 4.74 Å². The van der Waals surface area contributed by atoms with E-state index in [0.29, 0.717) is 6.04 Å². The highest BCUT2D eigenvalue weighted by Gasteiger charge is 2.20. The number of hydrogen-bond acceptors (Lipinski definition) is 3. The van der Waals surface area contributed by atoms with E-state index in [1.807, 2.05) is 11.3 Å². The van der Waals surface area contributed by atoms with Crippen molar-refractivity contribution in [1.82, 2.24) is 5.32 Å². The first-order valence-electron chi connectivity index (χ1n) is 6.63. The molecule has 1 N–H and O–H groups in total. The second kappa shape index (κ2) is 6.53. The highest BCUT2D eigenvalue weighted by atomic mass is 32.1. The second-order valence-electron chi connectivity index (χ2n) is 5.19. The van der Waals surface area contributed by atoms with Gasteiger partial charge in [0.1, 0.15) is 0 Å². The SMILES string of the molecule is CC(C)NCc1ccc(COCCC2CC2)s1. The summed E-state index contributed by atoms with van der Waals surface area (Å²) in [6, 6.07) is 4.95. The normalized spacial score (nSPS) is 15.7. The van der Waals surface area contributed by atoms with Gasteiger partial charge in [0.15, 0.2) is 0 Å². The van der Waals surface area contributed by atoms with Gasteiger partial charge in [-0.25, -0.2) is 0 Å². The minimum Gasteiger partial charge on any atom is -0.376 e. The molecule has 0 aromatic carbocycles. The summed E-state index contributed by atoms with van der Waals surface area (Å²) < 4.78 is 5.70. The molecule has 0 spiro atoms. The maximum Gasteiger partial charge on any atom is 0.0809 e. The molecule has 3 heteroatoms. The van der Waals surface area contributed by atoms with E-state index in [4.69, 9.17) is 4.74 Å². The van der Waals surface area contributed by atoms with Gasteiger partial charge in [0.05, 0.1) is 6.61 Å². The van der Waals surface area contributed by atoms with Crippen LogP contribution in [0.25, 0.3) is 0 Å². The summed E-state index contributed by atoms with van der Waals surface area (Å²) in [4.78, 5) is 2.75. The molecular weight excluding hydrogens is 230 g/mol. The van der Waals surface area contributed by atoms with Gasteiger partial charge in [-0.2, -0.15) is 0 Å². The molecule has 1 saturated carbocycles. The molecule has 2 nitrogen and oxygen atoms in total. The second-order valence-corrected chi connectivity index (χ2v) is 6.44. The van der Waals surface area contributed by atoms with E-state index in [2.05, 4.69) is 31.3 Å². The summed E-state index contributed by atoms with van der Waals surface area (Å²) in [5.74, 6) is 0.976. The van der Waals surface area contributed by atoms with Crippen molar-refractivity contribution in [3.63, 3.8) is 0 Å². The fourth-order valence-electron chi connectivity index (χ4n) is 1.73. The summed E-state index contributed by atoms with van der Waals surface area (Å²) in [6.07, 6.45) is 4.11. The van der Waals surface area contributed by atoms with Crippen molar-refractivity contribution in [2.24, 2.45) is 5.92 Å². The van der Waals surface area contributed by atoms with E-state index in [-0.39, 0.29) is 0 Å². The number of ether oxygens (including phenoxy) is 1. The maximum atomic E-state index is 5.70. The van der Waals surface area contributed by atoms with Crippen LogP contribution in [0.4, 0.5) is 0 Å². The Morgan fingerprint density at radius 3 is 2.82 bits per heavy atom. The van der Waals surface area contributed by atoms with Crippen LogP contribution in [0.1, 0.15) is 42.9 Å². The minimum absolute atomic E-state index is 0.551. The van der Waals surface area contributed by atoms with Crippen molar-refractivity contribution >= 4 is 11.3 Å². The van der Waals surface area contributed by atoms with Crippen LogP contribution in [0.2, 0.25) is 0 Å². The molecular formula is C14H23NOS. The monoisotopic (exact) mass is 253 g/mol. The Labute approximate surface area is 108 Å². The molecule has 0 aliphatic heterocycles. The minimum atomic E-state index is 0.551. The van der Waals surface area contributed by atoms with E-state index in [1.165, 1.54) is 29.0 Å². The standard InChI is InChI=1S/C14H23NOS/c1-11(2)15-9-13-5-6-14(17-13)10-16-8-7-12-3-4-12/h5-6,11-12,15H,3-4,7-10H2,1-2H3. The fraction of sp³-hybridized carbons (Fsp3) is 0.714. The summed E-state index contributed by atoms with van der Waals surface area (Å²) in [5.41, 5.74) is 0. The van der Waals surface area contributed by atoms with Gasteiger partial charge in [0.25, 0.3) is 0 Å². The molecule has 0 bridgehead atoms. The number of nitrogens with one attached hydrogen (secondary N) is 1. The van der Waals surface area contributed by atoms with Crippen molar-refractivity contribution in [2.45, 2.75) is 52.3 Å². The molecule has 1 aromatic rings. The van der Waals surface area contributed by atoms with Crippen LogP contribution in [0, 0.1) is 5.92 Å². The molecule has 0 amide bonds. The van der Waals surface area contributed by atoms with Crippen molar-refractivity contribution in [2.75, 3.05) is 6.61 Å². The van der Waals surface area contributed by atoms with Crippen LogP contribution in [-0.4, -0.2) is 12.6 Å². The van der Waals surface area contributed by atoms with Gasteiger partial charge in [0.2, 0.25) is 0 Å². The molecule has 0 saturated heterocycles. The average Bonchev–Trinajstić information content (AvgIpc) is 3.01. The molecule has 1 heterocycles. The Morgan fingerprint density at radius 2 is 2.12 bits per heavy atom. The van der Waals surface area contributed by atoms with Gasteiger partial charge in [-0.1, -0.05) is 26.7 Å². The first-order valence-corrected chi connectivity index (χ1v) is 7.44. The van der Waals surface area contributed by atoms with Crippen LogP contribution in [-0.2, 0) is 17.9 Å². The van der Waals surface area contributed by atoms with Crippen molar-refractivity contribution in [3.05, 3.63) is 21.9 Å². The zero-order valence-electron chi connectivity index (χ0n) is 10.9. The molecule has 17 heavy (non-hydrogen) atoms. The van der Waals surface area contributed by atoms with Crippen LogP contribution in [0.15, 0.2) is 12.1 Å². The van der Waals surface area contributed by atoms with E-state index >= 15 is 0 Å².